The van der Waals surface area contributed by atoms with Crippen molar-refractivity contribution in [1.82, 2.24) is 23.8 Å². The number of rotatable bonds is 7. The van der Waals surface area contributed by atoms with E-state index in [0.717, 1.165) is 5.69 Å². The predicted molar refractivity (Wildman–Crippen MR) is 99.4 cm³/mol. The van der Waals surface area contributed by atoms with Crippen LogP contribution >= 0.6 is 11.3 Å². The van der Waals surface area contributed by atoms with Crippen molar-refractivity contribution in [2.24, 2.45) is 0 Å². The lowest BCUT2D eigenvalue weighted by atomic mass is 10.1. The highest BCUT2D eigenvalue weighted by Crippen LogP contribution is 2.29. The molecule has 2 aromatic rings. The Balaban J connectivity index is 1.66. The van der Waals surface area contributed by atoms with E-state index in [0.29, 0.717) is 37.7 Å². The fraction of sp³-hybridized carbons (Fsp3) is 0.533. The van der Waals surface area contributed by atoms with Crippen molar-refractivity contribution in [2.75, 3.05) is 31.5 Å². The molecule has 3 heterocycles. The molecule has 1 aliphatic heterocycles. The first-order valence-electron chi connectivity index (χ1n) is 8.47. The van der Waals surface area contributed by atoms with Crippen LogP contribution in [0.2, 0.25) is 0 Å². The van der Waals surface area contributed by atoms with E-state index >= 15 is 0 Å². The molecular formula is C15H22N6O3S2. The number of aromatic amines is 1. The highest BCUT2D eigenvalue weighted by molar-refractivity contribution is 7.86. The van der Waals surface area contributed by atoms with Crippen LogP contribution in [0.5, 0.6) is 0 Å². The molecule has 3 rings (SSSR count). The van der Waals surface area contributed by atoms with Crippen molar-refractivity contribution in [3.8, 4) is 0 Å². The van der Waals surface area contributed by atoms with Gasteiger partial charge in [0.15, 0.2) is 10.8 Å². The van der Waals surface area contributed by atoms with E-state index in [-0.39, 0.29) is 17.5 Å². The largest absolute Gasteiger partial charge is 0.296 e. The molecule has 1 amide bonds. The molecule has 2 aromatic heterocycles. The van der Waals surface area contributed by atoms with Crippen molar-refractivity contribution < 1.29 is 13.2 Å². The SMILES string of the molecule is CCN(CC)S(=O)(=O)N1CCC(c2cc(C(=O)Nc3nccs3)n[nH]2)C1. The second kappa shape index (κ2) is 7.82. The van der Waals surface area contributed by atoms with Gasteiger partial charge in [-0.1, -0.05) is 13.8 Å². The monoisotopic (exact) mass is 398 g/mol. The molecule has 1 unspecified atom stereocenters. The second-order valence-corrected chi connectivity index (χ2v) is 8.76. The summed E-state index contributed by atoms with van der Waals surface area (Å²) in [6.45, 7) is 5.40. The van der Waals surface area contributed by atoms with Gasteiger partial charge in [0, 0.05) is 49.4 Å². The number of hydrogen-bond acceptors (Lipinski definition) is 6. The summed E-state index contributed by atoms with van der Waals surface area (Å²) in [7, 11) is -3.44. The Morgan fingerprint density at radius 3 is 2.88 bits per heavy atom. The average Bonchev–Trinajstić information content (AvgIpc) is 3.36. The third-order valence-corrected chi connectivity index (χ3v) is 7.27. The van der Waals surface area contributed by atoms with Crippen LogP contribution in [0.15, 0.2) is 17.6 Å². The summed E-state index contributed by atoms with van der Waals surface area (Å²) in [5.41, 5.74) is 1.03. The van der Waals surface area contributed by atoms with Gasteiger partial charge in [0.2, 0.25) is 0 Å². The van der Waals surface area contributed by atoms with E-state index in [1.54, 1.807) is 17.6 Å². The lowest BCUT2D eigenvalue weighted by Crippen LogP contribution is -2.42. The summed E-state index contributed by atoms with van der Waals surface area (Å²) < 4.78 is 28.2. The van der Waals surface area contributed by atoms with Crippen molar-refractivity contribution in [3.05, 3.63) is 29.0 Å². The van der Waals surface area contributed by atoms with E-state index in [1.165, 1.54) is 19.9 Å². The van der Waals surface area contributed by atoms with Crippen molar-refractivity contribution in [3.63, 3.8) is 0 Å². The van der Waals surface area contributed by atoms with Crippen molar-refractivity contribution >= 4 is 32.6 Å². The van der Waals surface area contributed by atoms with Gasteiger partial charge in [0.1, 0.15) is 0 Å². The van der Waals surface area contributed by atoms with Gasteiger partial charge in [-0.25, -0.2) is 4.98 Å². The van der Waals surface area contributed by atoms with Crippen molar-refractivity contribution in [2.45, 2.75) is 26.2 Å². The number of nitrogens with zero attached hydrogens (tertiary/aromatic N) is 4. The van der Waals surface area contributed by atoms with Crippen LogP contribution in [0.4, 0.5) is 5.13 Å². The first-order valence-corrected chi connectivity index (χ1v) is 10.7. The van der Waals surface area contributed by atoms with Crippen molar-refractivity contribution in [1.29, 1.82) is 0 Å². The van der Waals surface area contributed by atoms with Crippen LogP contribution in [0.1, 0.15) is 42.4 Å². The van der Waals surface area contributed by atoms with Gasteiger partial charge in [-0.15, -0.1) is 11.3 Å². The molecule has 142 valence electrons. The van der Waals surface area contributed by atoms with E-state index < -0.39 is 10.2 Å². The third-order valence-electron chi connectivity index (χ3n) is 4.43. The Kier molecular flexibility index (Phi) is 5.70. The fourth-order valence-electron chi connectivity index (χ4n) is 3.01. The van der Waals surface area contributed by atoms with Gasteiger partial charge in [0.25, 0.3) is 16.1 Å². The lowest BCUT2D eigenvalue weighted by Gasteiger charge is -2.25. The quantitative estimate of drug-likeness (QED) is 0.734. The molecule has 1 fully saturated rings. The molecule has 1 saturated heterocycles. The van der Waals surface area contributed by atoms with Gasteiger partial charge < -0.3 is 0 Å². The Morgan fingerprint density at radius 2 is 2.23 bits per heavy atom. The minimum Gasteiger partial charge on any atom is -0.296 e. The lowest BCUT2D eigenvalue weighted by molar-refractivity contribution is 0.102. The van der Waals surface area contributed by atoms with E-state index in [4.69, 9.17) is 0 Å². The van der Waals surface area contributed by atoms with Gasteiger partial charge in [-0.3, -0.25) is 15.2 Å². The maximum Gasteiger partial charge on any atom is 0.281 e. The third kappa shape index (κ3) is 3.80. The topological polar surface area (TPSA) is 111 Å². The first-order chi connectivity index (χ1) is 12.5. The van der Waals surface area contributed by atoms with Gasteiger partial charge >= 0.3 is 0 Å². The number of aromatic nitrogens is 3. The van der Waals surface area contributed by atoms with Crippen LogP contribution in [-0.2, 0) is 10.2 Å². The second-order valence-electron chi connectivity index (χ2n) is 5.94. The van der Waals surface area contributed by atoms with E-state index in [9.17, 15) is 13.2 Å². The summed E-state index contributed by atoms with van der Waals surface area (Å²) in [4.78, 5) is 16.2. The van der Waals surface area contributed by atoms with Crippen LogP contribution in [0.25, 0.3) is 0 Å². The van der Waals surface area contributed by atoms with E-state index in [2.05, 4.69) is 20.5 Å². The number of amides is 1. The maximum absolute atomic E-state index is 12.6. The van der Waals surface area contributed by atoms with Gasteiger partial charge in [-0.2, -0.15) is 22.1 Å². The first kappa shape index (κ1) is 19.0. The Labute approximate surface area is 156 Å². The molecule has 0 aliphatic carbocycles. The Hall–Kier alpha value is -1.82. The summed E-state index contributed by atoms with van der Waals surface area (Å²) in [6.07, 6.45) is 2.30. The zero-order chi connectivity index (χ0) is 18.7. The van der Waals surface area contributed by atoms with E-state index in [1.807, 2.05) is 13.8 Å². The van der Waals surface area contributed by atoms with Gasteiger partial charge in [0.05, 0.1) is 0 Å². The zero-order valence-corrected chi connectivity index (χ0v) is 16.3. The number of anilines is 1. The number of thiazole rings is 1. The molecular weight excluding hydrogens is 376 g/mol. The maximum atomic E-state index is 12.6. The standard InChI is InChI=1S/C15H22N6O3S2/c1-3-20(4-2)26(23,24)21-7-5-11(10-21)12-9-13(19-18-12)14(22)17-15-16-6-8-25-15/h6,8-9,11H,3-5,7,10H2,1-2H3,(H,18,19)(H,16,17,22). The highest BCUT2D eigenvalue weighted by atomic mass is 32.2. The molecule has 0 spiro atoms. The van der Waals surface area contributed by atoms with Crippen LogP contribution in [0, 0.1) is 0 Å². The Morgan fingerprint density at radius 1 is 1.46 bits per heavy atom. The number of H-pyrrole nitrogens is 1. The molecule has 0 bridgehead atoms. The van der Waals surface area contributed by atoms with Crippen LogP contribution in [0.3, 0.4) is 0 Å². The van der Waals surface area contributed by atoms with Crippen LogP contribution in [-0.4, -0.2) is 64.3 Å². The molecule has 2 N–H and O–H groups in total. The molecule has 11 heteroatoms. The zero-order valence-electron chi connectivity index (χ0n) is 14.7. The summed E-state index contributed by atoms with van der Waals surface area (Å²) in [5.74, 6) is -0.345. The average molecular weight is 399 g/mol. The highest BCUT2D eigenvalue weighted by Gasteiger charge is 2.35. The number of carbonyl (C=O) groups excluding carboxylic acids is 1. The summed E-state index contributed by atoms with van der Waals surface area (Å²) in [6, 6.07) is 1.68. The summed E-state index contributed by atoms with van der Waals surface area (Å²) in [5, 5.41) is 11.9. The molecule has 0 radical (unpaired) electrons. The molecule has 0 saturated carbocycles. The molecule has 9 nitrogen and oxygen atoms in total. The molecule has 0 aromatic carbocycles. The number of carbonyl (C=O) groups is 1. The molecule has 1 atom stereocenters. The number of hydrogen-bond donors (Lipinski definition) is 2. The minimum absolute atomic E-state index is 0.00532. The number of nitrogens with one attached hydrogen (secondary N) is 2. The van der Waals surface area contributed by atoms with Crippen LogP contribution < -0.4 is 5.32 Å². The predicted octanol–water partition coefficient (Wildman–Crippen LogP) is 1.49. The smallest absolute Gasteiger partial charge is 0.281 e. The molecule has 26 heavy (non-hydrogen) atoms. The fourth-order valence-corrected chi connectivity index (χ4v) is 5.22. The molecule has 1 aliphatic rings. The minimum atomic E-state index is -3.44. The Bertz CT molecular complexity index is 845. The summed E-state index contributed by atoms with van der Waals surface area (Å²) >= 11 is 1.33. The normalized spacial score (nSPS) is 18.5. The van der Waals surface area contributed by atoms with Gasteiger partial charge in [-0.05, 0) is 12.5 Å².